The SMILES string of the molecule is [2H]C1(Oc2cc(-c3ccccc3OC)ccc2C#N)CCC(C2CCC(CCC)CC2)CC1. The van der Waals surface area contributed by atoms with Gasteiger partial charge in [-0.25, -0.2) is 0 Å². The van der Waals surface area contributed by atoms with E-state index in [0.717, 1.165) is 60.3 Å². The minimum Gasteiger partial charge on any atom is -0.496 e. The first kappa shape index (κ1) is 21.4. The highest BCUT2D eigenvalue weighted by Crippen LogP contribution is 2.42. The standard InChI is InChI=1S/C29H37NO2/c1-3-6-21-9-11-22(12-10-21)23-15-17-26(18-16-23)32-29-19-24(13-14-25(29)20-30)27-7-4-5-8-28(27)31-2/h4-5,7-8,13-14,19,21-23,26H,3,6,9-12,15-18H2,1-2H3/i26D. The summed E-state index contributed by atoms with van der Waals surface area (Å²) >= 11 is 0. The maximum atomic E-state index is 9.65. The second-order valence-corrected chi connectivity index (χ2v) is 9.57. The third-order valence-electron chi connectivity index (χ3n) is 7.62. The van der Waals surface area contributed by atoms with Crippen molar-refractivity contribution in [1.29, 1.82) is 5.26 Å². The fraction of sp³-hybridized carbons (Fsp3) is 0.552. The molecule has 3 heteroatoms. The molecule has 0 unspecified atom stereocenters. The molecule has 170 valence electrons. The van der Waals surface area contributed by atoms with Crippen LogP contribution in [0.5, 0.6) is 11.5 Å². The first-order valence-electron chi connectivity index (χ1n) is 12.9. The van der Waals surface area contributed by atoms with Crippen LogP contribution in [0.25, 0.3) is 11.1 Å². The molecule has 0 bridgehead atoms. The van der Waals surface area contributed by atoms with Crippen molar-refractivity contribution < 1.29 is 10.8 Å². The minimum atomic E-state index is -0.957. The Hall–Kier alpha value is -2.47. The maximum absolute atomic E-state index is 9.65. The molecule has 0 saturated heterocycles. The molecule has 0 amide bonds. The van der Waals surface area contributed by atoms with E-state index in [1.54, 1.807) is 13.2 Å². The molecule has 2 aromatic rings. The molecular weight excluding hydrogens is 394 g/mol. The predicted octanol–water partition coefficient (Wildman–Crippen LogP) is 7.78. The summed E-state index contributed by atoms with van der Waals surface area (Å²) in [6, 6.07) is 15.7. The fourth-order valence-corrected chi connectivity index (χ4v) is 5.80. The molecule has 0 aliphatic heterocycles. The van der Waals surface area contributed by atoms with E-state index in [2.05, 4.69) is 13.0 Å². The molecule has 2 aliphatic rings. The molecule has 2 aliphatic carbocycles. The Morgan fingerprint density at radius 2 is 1.62 bits per heavy atom. The van der Waals surface area contributed by atoms with Crippen molar-refractivity contribution in [2.45, 2.75) is 77.2 Å². The van der Waals surface area contributed by atoms with Gasteiger partial charge in [0.15, 0.2) is 0 Å². The Balaban J connectivity index is 1.43. The van der Waals surface area contributed by atoms with Crippen LogP contribution >= 0.6 is 0 Å². The van der Waals surface area contributed by atoms with Gasteiger partial charge in [0.1, 0.15) is 17.6 Å². The second-order valence-electron chi connectivity index (χ2n) is 9.57. The van der Waals surface area contributed by atoms with Crippen molar-refractivity contribution in [2.24, 2.45) is 17.8 Å². The van der Waals surface area contributed by atoms with Crippen molar-refractivity contribution in [1.82, 2.24) is 0 Å². The van der Waals surface area contributed by atoms with Crippen molar-refractivity contribution in [3.63, 3.8) is 0 Å². The van der Waals surface area contributed by atoms with Crippen LogP contribution in [-0.4, -0.2) is 13.2 Å². The van der Waals surface area contributed by atoms with Crippen LogP contribution in [0, 0.1) is 29.1 Å². The van der Waals surface area contributed by atoms with E-state index in [0.29, 0.717) is 11.3 Å². The molecule has 3 nitrogen and oxygen atoms in total. The van der Waals surface area contributed by atoms with Gasteiger partial charge in [-0.15, -0.1) is 0 Å². The molecule has 32 heavy (non-hydrogen) atoms. The lowest BCUT2D eigenvalue weighted by molar-refractivity contribution is 0.0913. The highest BCUT2D eigenvalue weighted by molar-refractivity contribution is 5.72. The van der Waals surface area contributed by atoms with Crippen molar-refractivity contribution in [2.75, 3.05) is 7.11 Å². The van der Waals surface area contributed by atoms with Crippen molar-refractivity contribution >= 4 is 0 Å². The lowest BCUT2D eigenvalue weighted by Crippen LogP contribution is -2.30. The number of hydrogen-bond acceptors (Lipinski definition) is 3. The normalized spacial score (nSPS) is 28.4. The van der Waals surface area contributed by atoms with Gasteiger partial charge in [0.05, 0.1) is 20.1 Å². The van der Waals surface area contributed by atoms with Gasteiger partial charge in [-0.2, -0.15) is 5.26 Å². The van der Waals surface area contributed by atoms with E-state index < -0.39 is 6.08 Å². The number of hydrogen-bond donors (Lipinski definition) is 0. The third kappa shape index (κ3) is 5.29. The largest absolute Gasteiger partial charge is 0.496 e. The molecule has 0 spiro atoms. The average molecular weight is 433 g/mol. The Bertz CT molecular complexity index is 966. The van der Waals surface area contributed by atoms with E-state index in [-0.39, 0.29) is 0 Å². The summed E-state index contributed by atoms with van der Waals surface area (Å²) in [6.45, 7) is 2.30. The molecule has 0 heterocycles. The van der Waals surface area contributed by atoms with Gasteiger partial charge in [-0.3, -0.25) is 0 Å². The fourth-order valence-electron chi connectivity index (χ4n) is 5.80. The summed E-state index contributed by atoms with van der Waals surface area (Å²) in [5.41, 5.74) is 2.37. The van der Waals surface area contributed by atoms with E-state index in [1.807, 2.05) is 36.4 Å². The molecule has 2 fully saturated rings. The Morgan fingerprint density at radius 3 is 2.28 bits per heavy atom. The molecule has 0 radical (unpaired) electrons. The van der Waals surface area contributed by atoms with Crippen LogP contribution in [0.4, 0.5) is 0 Å². The number of rotatable bonds is 7. The van der Waals surface area contributed by atoms with E-state index in [4.69, 9.17) is 10.8 Å². The number of methoxy groups -OCH3 is 1. The van der Waals surface area contributed by atoms with E-state index in [1.165, 1.54) is 38.5 Å². The van der Waals surface area contributed by atoms with Crippen molar-refractivity contribution in [3.8, 4) is 28.7 Å². The van der Waals surface area contributed by atoms with Gasteiger partial charge < -0.3 is 9.47 Å². The Labute approximate surface area is 195 Å². The maximum Gasteiger partial charge on any atom is 0.138 e. The lowest BCUT2D eigenvalue weighted by Gasteiger charge is -2.38. The zero-order valence-corrected chi connectivity index (χ0v) is 19.6. The number of benzene rings is 2. The van der Waals surface area contributed by atoms with Gasteiger partial charge in [0.2, 0.25) is 0 Å². The summed E-state index contributed by atoms with van der Waals surface area (Å²) in [7, 11) is 1.66. The van der Waals surface area contributed by atoms with Crippen LogP contribution in [0.1, 0.15) is 78.1 Å². The Morgan fingerprint density at radius 1 is 0.938 bits per heavy atom. The summed E-state index contributed by atoms with van der Waals surface area (Å²) in [4.78, 5) is 0. The summed E-state index contributed by atoms with van der Waals surface area (Å²) in [5, 5.41) is 9.65. The highest BCUT2D eigenvalue weighted by Gasteiger charge is 2.31. The lowest BCUT2D eigenvalue weighted by atomic mass is 9.70. The first-order chi connectivity index (χ1) is 16.0. The van der Waals surface area contributed by atoms with Gasteiger partial charge in [-0.1, -0.05) is 56.9 Å². The third-order valence-corrected chi connectivity index (χ3v) is 7.62. The topological polar surface area (TPSA) is 42.2 Å². The predicted molar refractivity (Wildman–Crippen MR) is 130 cm³/mol. The number of para-hydroxylation sites is 1. The summed E-state index contributed by atoms with van der Waals surface area (Å²) in [6.07, 6.45) is 10.8. The molecule has 2 aromatic carbocycles. The number of nitrogens with zero attached hydrogens (tertiary/aromatic N) is 1. The molecule has 4 rings (SSSR count). The first-order valence-corrected chi connectivity index (χ1v) is 12.4. The van der Waals surface area contributed by atoms with Gasteiger partial charge >= 0.3 is 0 Å². The monoisotopic (exact) mass is 432 g/mol. The van der Waals surface area contributed by atoms with Crippen LogP contribution in [0.3, 0.4) is 0 Å². The summed E-state index contributed by atoms with van der Waals surface area (Å²) < 4.78 is 20.8. The van der Waals surface area contributed by atoms with Gasteiger partial charge in [0, 0.05) is 5.56 Å². The zero-order valence-electron chi connectivity index (χ0n) is 20.6. The second kappa shape index (κ2) is 10.9. The van der Waals surface area contributed by atoms with Crippen LogP contribution in [0.2, 0.25) is 0 Å². The van der Waals surface area contributed by atoms with Crippen LogP contribution in [0.15, 0.2) is 42.5 Å². The highest BCUT2D eigenvalue weighted by atomic mass is 16.5. The average Bonchev–Trinajstić information content (AvgIpc) is 2.85. The Kier molecular flexibility index (Phi) is 7.29. The quantitative estimate of drug-likeness (QED) is 0.448. The minimum absolute atomic E-state index is 0.483. The molecule has 0 N–H and O–H groups in total. The van der Waals surface area contributed by atoms with Crippen LogP contribution < -0.4 is 9.47 Å². The smallest absolute Gasteiger partial charge is 0.138 e. The van der Waals surface area contributed by atoms with Crippen LogP contribution in [-0.2, 0) is 0 Å². The van der Waals surface area contributed by atoms with E-state index in [9.17, 15) is 5.26 Å². The molecule has 0 atom stereocenters. The molecule has 0 aromatic heterocycles. The number of ether oxygens (including phenoxy) is 2. The summed E-state index contributed by atoms with van der Waals surface area (Å²) in [5.74, 6) is 3.78. The molecular formula is C29H37NO2. The van der Waals surface area contributed by atoms with E-state index >= 15 is 0 Å². The van der Waals surface area contributed by atoms with Crippen molar-refractivity contribution in [3.05, 3.63) is 48.0 Å². The number of nitriles is 1. The van der Waals surface area contributed by atoms with Gasteiger partial charge in [-0.05, 0) is 80.0 Å². The zero-order chi connectivity index (χ0) is 23.3. The molecule has 2 saturated carbocycles. The van der Waals surface area contributed by atoms with Gasteiger partial charge in [0.25, 0.3) is 0 Å².